The van der Waals surface area contributed by atoms with E-state index in [4.69, 9.17) is 10.5 Å². The quantitative estimate of drug-likeness (QED) is 0.821. The van der Waals surface area contributed by atoms with Crippen molar-refractivity contribution >= 4 is 11.6 Å². The maximum absolute atomic E-state index is 12.1. The van der Waals surface area contributed by atoms with Gasteiger partial charge in [-0.25, -0.2) is 0 Å². The highest BCUT2D eigenvalue weighted by Crippen LogP contribution is 2.18. The van der Waals surface area contributed by atoms with Crippen LogP contribution in [0.1, 0.15) is 22.8 Å². The van der Waals surface area contributed by atoms with Crippen LogP contribution >= 0.6 is 0 Å². The van der Waals surface area contributed by atoms with E-state index in [1.807, 2.05) is 31.2 Å². The van der Waals surface area contributed by atoms with Gasteiger partial charge in [-0.3, -0.25) is 4.79 Å². The minimum atomic E-state index is -0.186. The van der Waals surface area contributed by atoms with Gasteiger partial charge in [-0.15, -0.1) is 0 Å². The van der Waals surface area contributed by atoms with Gasteiger partial charge in [-0.2, -0.15) is 0 Å². The Labute approximate surface area is 118 Å². The van der Waals surface area contributed by atoms with Crippen molar-refractivity contribution in [2.75, 3.05) is 12.3 Å². The predicted molar refractivity (Wildman–Crippen MR) is 79.6 cm³/mol. The highest BCUT2D eigenvalue weighted by atomic mass is 16.5. The summed E-state index contributed by atoms with van der Waals surface area (Å²) in [5.74, 6) is 0.603. The molecule has 0 bridgehead atoms. The highest BCUT2D eigenvalue weighted by molar-refractivity contribution is 5.99. The summed E-state index contributed by atoms with van der Waals surface area (Å²) in [6.07, 6.45) is 0. The van der Waals surface area contributed by atoms with Crippen molar-refractivity contribution < 1.29 is 9.53 Å². The zero-order valence-electron chi connectivity index (χ0n) is 11.4. The van der Waals surface area contributed by atoms with Gasteiger partial charge in [0, 0.05) is 17.8 Å². The van der Waals surface area contributed by atoms with Gasteiger partial charge >= 0.3 is 0 Å². The Bertz CT molecular complexity index is 597. The number of benzene rings is 2. The summed E-state index contributed by atoms with van der Waals surface area (Å²) in [6, 6.07) is 14.7. The SMILES string of the molecule is CCOc1ccccc1CNC(=O)c1ccccc1N. The fourth-order valence-electron chi connectivity index (χ4n) is 1.92. The summed E-state index contributed by atoms with van der Waals surface area (Å²) in [4.78, 5) is 12.1. The van der Waals surface area contributed by atoms with Gasteiger partial charge in [0.15, 0.2) is 0 Å². The largest absolute Gasteiger partial charge is 0.494 e. The number of anilines is 1. The number of amides is 1. The number of nitrogens with one attached hydrogen (secondary N) is 1. The van der Waals surface area contributed by atoms with Crippen LogP contribution in [-0.2, 0) is 6.54 Å². The molecule has 0 saturated carbocycles. The molecule has 4 nitrogen and oxygen atoms in total. The second-order valence-corrected chi connectivity index (χ2v) is 4.31. The van der Waals surface area contributed by atoms with E-state index in [0.29, 0.717) is 24.4 Å². The molecule has 0 aliphatic heterocycles. The molecule has 0 spiro atoms. The van der Waals surface area contributed by atoms with Gasteiger partial charge in [0.1, 0.15) is 5.75 Å². The first-order valence-corrected chi connectivity index (χ1v) is 6.55. The third kappa shape index (κ3) is 3.29. The Morgan fingerprint density at radius 2 is 1.85 bits per heavy atom. The van der Waals surface area contributed by atoms with Crippen molar-refractivity contribution in [3.8, 4) is 5.75 Å². The summed E-state index contributed by atoms with van der Waals surface area (Å²) in [6.45, 7) is 2.93. The zero-order valence-corrected chi connectivity index (χ0v) is 11.4. The molecule has 0 unspecified atom stereocenters. The van der Waals surface area contributed by atoms with E-state index in [0.717, 1.165) is 11.3 Å². The molecule has 3 N–H and O–H groups in total. The molecule has 0 radical (unpaired) electrons. The van der Waals surface area contributed by atoms with E-state index in [1.165, 1.54) is 0 Å². The van der Waals surface area contributed by atoms with Crippen molar-refractivity contribution in [2.24, 2.45) is 0 Å². The topological polar surface area (TPSA) is 64.3 Å². The third-order valence-electron chi connectivity index (χ3n) is 2.92. The average molecular weight is 270 g/mol. The highest BCUT2D eigenvalue weighted by Gasteiger charge is 2.09. The molecule has 2 aromatic rings. The molecule has 0 aliphatic rings. The van der Waals surface area contributed by atoms with Gasteiger partial charge < -0.3 is 15.8 Å². The minimum Gasteiger partial charge on any atom is -0.494 e. The molecule has 0 aliphatic carbocycles. The number of hydrogen-bond acceptors (Lipinski definition) is 3. The van der Waals surface area contributed by atoms with Crippen LogP contribution in [0.3, 0.4) is 0 Å². The standard InChI is InChI=1S/C16H18N2O2/c1-2-20-15-10-6-3-7-12(15)11-18-16(19)13-8-4-5-9-14(13)17/h3-10H,2,11,17H2,1H3,(H,18,19). The number of rotatable bonds is 5. The number of hydrogen-bond donors (Lipinski definition) is 2. The Morgan fingerprint density at radius 3 is 2.60 bits per heavy atom. The maximum atomic E-state index is 12.1. The Kier molecular flexibility index (Phi) is 4.60. The number of nitrogen functional groups attached to an aromatic ring is 1. The fourth-order valence-corrected chi connectivity index (χ4v) is 1.92. The summed E-state index contributed by atoms with van der Waals surface area (Å²) in [5, 5.41) is 2.86. The number of carbonyl (C=O) groups excluding carboxylic acids is 1. The average Bonchev–Trinajstić information content (AvgIpc) is 2.47. The molecule has 1 amide bonds. The van der Waals surface area contributed by atoms with E-state index < -0.39 is 0 Å². The smallest absolute Gasteiger partial charge is 0.253 e. The fraction of sp³-hybridized carbons (Fsp3) is 0.188. The van der Waals surface area contributed by atoms with Gasteiger partial charge in [0.2, 0.25) is 0 Å². The van der Waals surface area contributed by atoms with Gasteiger partial charge in [-0.1, -0.05) is 30.3 Å². The lowest BCUT2D eigenvalue weighted by atomic mass is 10.1. The summed E-state index contributed by atoms with van der Waals surface area (Å²) >= 11 is 0. The van der Waals surface area contributed by atoms with E-state index >= 15 is 0 Å². The van der Waals surface area contributed by atoms with E-state index in [-0.39, 0.29) is 5.91 Å². The molecule has 4 heteroatoms. The van der Waals surface area contributed by atoms with Crippen LogP contribution in [0.15, 0.2) is 48.5 Å². The molecule has 20 heavy (non-hydrogen) atoms. The Balaban J connectivity index is 2.06. The van der Waals surface area contributed by atoms with Crippen LogP contribution < -0.4 is 15.8 Å². The lowest BCUT2D eigenvalue weighted by Crippen LogP contribution is -2.24. The third-order valence-corrected chi connectivity index (χ3v) is 2.92. The molecule has 2 aromatic carbocycles. The molecule has 2 rings (SSSR count). The number of nitrogens with two attached hydrogens (primary N) is 1. The van der Waals surface area contributed by atoms with Crippen LogP contribution in [0.4, 0.5) is 5.69 Å². The molecule has 0 atom stereocenters. The van der Waals surface area contributed by atoms with Crippen LogP contribution in [0.2, 0.25) is 0 Å². The van der Waals surface area contributed by atoms with Crippen molar-refractivity contribution in [1.29, 1.82) is 0 Å². The van der Waals surface area contributed by atoms with Gasteiger partial charge in [0.25, 0.3) is 5.91 Å². The molecule has 0 aromatic heterocycles. The van der Waals surface area contributed by atoms with E-state index in [1.54, 1.807) is 24.3 Å². The number of carbonyl (C=O) groups is 1. The second kappa shape index (κ2) is 6.61. The van der Waals surface area contributed by atoms with Crippen molar-refractivity contribution in [3.05, 3.63) is 59.7 Å². The first-order valence-electron chi connectivity index (χ1n) is 6.55. The molecular formula is C16H18N2O2. The predicted octanol–water partition coefficient (Wildman–Crippen LogP) is 2.60. The first kappa shape index (κ1) is 13.9. The first-order chi connectivity index (χ1) is 9.72. The molecule has 0 saturated heterocycles. The van der Waals surface area contributed by atoms with Crippen LogP contribution in [0.25, 0.3) is 0 Å². The lowest BCUT2D eigenvalue weighted by Gasteiger charge is -2.11. The van der Waals surface area contributed by atoms with Crippen molar-refractivity contribution in [1.82, 2.24) is 5.32 Å². The molecule has 0 heterocycles. The molecule has 0 fully saturated rings. The second-order valence-electron chi connectivity index (χ2n) is 4.31. The monoisotopic (exact) mass is 270 g/mol. The zero-order chi connectivity index (χ0) is 14.4. The summed E-state index contributed by atoms with van der Waals surface area (Å²) in [5.41, 5.74) is 7.69. The van der Waals surface area contributed by atoms with Crippen LogP contribution in [0, 0.1) is 0 Å². The minimum absolute atomic E-state index is 0.186. The molecule has 104 valence electrons. The Morgan fingerprint density at radius 1 is 1.15 bits per heavy atom. The normalized spacial score (nSPS) is 10.1. The van der Waals surface area contributed by atoms with Gasteiger partial charge in [0.05, 0.1) is 12.2 Å². The van der Waals surface area contributed by atoms with Crippen molar-refractivity contribution in [3.63, 3.8) is 0 Å². The van der Waals surface area contributed by atoms with Crippen LogP contribution in [0.5, 0.6) is 5.75 Å². The maximum Gasteiger partial charge on any atom is 0.253 e. The van der Waals surface area contributed by atoms with Gasteiger partial charge in [-0.05, 0) is 25.1 Å². The summed E-state index contributed by atoms with van der Waals surface area (Å²) < 4.78 is 5.52. The van der Waals surface area contributed by atoms with Crippen LogP contribution in [-0.4, -0.2) is 12.5 Å². The van der Waals surface area contributed by atoms with E-state index in [2.05, 4.69) is 5.32 Å². The molecular weight excluding hydrogens is 252 g/mol. The number of ether oxygens (including phenoxy) is 1. The van der Waals surface area contributed by atoms with Crippen molar-refractivity contribution in [2.45, 2.75) is 13.5 Å². The summed E-state index contributed by atoms with van der Waals surface area (Å²) in [7, 11) is 0. The lowest BCUT2D eigenvalue weighted by molar-refractivity contribution is 0.0951. The van der Waals surface area contributed by atoms with E-state index in [9.17, 15) is 4.79 Å². The number of para-hydroxylation sites is 2. The Hall–Kier alpha value is -2.49.